The summed E-state index contributed by atoms with van der Waals surface area (Å²) < 4.78 is 21.2. The maximum absolute atomic E-state index is 14.2. The van der Waals surface area contributed by atoms with Crippen molar-refractivity contribution >= 4 is 5.91 Å². The van der Waals surface area contributed by atoms with E-state index in [1.807, 2.05) is 0 Å². The number of carbonyl (C=O) groups excluding carboxylic acids is 1. The number of aromatic nitrogens is 2. The molecule has 6 heteroatoms. The molecular weight excluding hydrogens is 333 g/mol. The van der Waals surface area contributed by atoms with Crippen molar-refractivity contribution in [1.82, 2.24) is 14.7 Å². The van der Waals surface area contributed by atoms with E-state index in [0.29, 0.717) is 31.8 Å². The first-order chi connectivity index (χ1) is 12.4. The molecule has 0 fully saturated rings. The summed E-state index contributed by atoms with van der Waals surface area (Å²) in [7, 11) is 0. The molecule has 0 aliphatic carbocycles. The summed E-state index contributed by atoms with van der Waals surface area (Å²) in [5.74, 6) is -0.377. The standard InChI is InChI=1S/C20H24FN3O2/c1-4-9-26-13-19(25)23-12-15-11-22-24(17-8-6-5-7-16(17)21)18(15)10-20(2,3)14-23/h4-8,11H,1,9-10,12-14H2,2-3H3. The van der Waals surface area contributed by atoms with Gasteiger partial charge in [0.05, 0.1) is 12.8 Å². The van der Waals surface area contributed by atoms with Crippen molar-refractivity contribution in [2.24, 2.45) is 5.41 Å². The normalized spacial score (nSPS) is 16.0. The van der Waals surface area contributed by atoms with Crippen LogP contribution in [0, 0.1) is 11.2 Å². The molecule has 0 saturated carbocycles. The van der Waals surface area contributed by atoms with E-state index in [1.165, 1.54) is 6.07 Å². The Bertz CT molecular complexity index is 813. The lowest BCUT2D eigenvalue weighted by Gasteiger charge is -2.29. The first-order valence-corrected chi connectivity index (χ1v) is 8.68. The summed E-state index contributed by atoms with van der Waals surface area (Å²) in [4.78, 5) is 14.3. The summed E-state index contributed by atoms with van der Waals surface area (Å²) in [6, 6.07) is 6.60. The smallest absolute Gasteiger partial charge is 0.248 e. The average Bonchev–Trinajstić information content (AvgIpc) is 2.89. The van der Waals surface area contributed by atoms with Crippen LogP contribution in [-0.4, -0.2) is 40.3 Å². The van der Waals surface area contributed by atoms with E-state index in [1.54, 1.807) is 40.1 Å². The number of para-hydroxylation sites is 1. The van der Waals surface area contributed by atoms with E-state index in [2.05, 4.69) is 25.5 Å². The third kappa shape index (κ3) is 3.85. The SMILES string of the molecule is C=CCOCC(=O)N1Cc2cnn(-c3ccccc3F)c2CC(C)(C)C1. The quantitative estimate of drug-likeness (QED) is 0.610. The van der Waals surface area contributed by atoms with Gasteiger partial charge in [-0.15, -0.1) is 6.58 Å². The van der Waals surface area contributed by atoms with Gasteiger partial charge in [-0.2, -0.15) is 5.10 Å². The second-order valence-corrected chi connectivity index (χ2v) is 7.37. The van der Waals surface area contributed by atoms with Crippen LogP contribution in [0.5, 0.6) is 0 Å². The van der Waals surface area contributed by atoms with Gasteiger partial charge in [-0.25, -0.2) is 9.07 Å². The topological polar surface area (TPSA) is 47.4 Å². The third-order valence-corrected chi connectivity index (χ3v) is 4.48. The molecule has 5 nitrogen and oxygen atoms in total. The molecule has 1 aromatic heterocycles. The molecular formula is C20H24FN3O2. The number of benzene rings is 1. The van der Waals surface area contributed by atoms with Crippen LogP contribution in [-0.2, 0) is 22.5 Å². The van der Waals surface area contributed by atoms with Crippen molar-refractivity contribution in [3.8, 4) is 5.69 Å². The van der Waals surface area contributed by atoms with Crippen LogP contribution in [0.25, 0.3) is 5.69 Å². The number of hydrogen-bond acceptors (Lipinski definition) is 3. The van der Waals surface area contributed by atoms with Crippen molar-refractivity contribution in [3.05, 3.63) is 60.2 Å². The maximum Gasteiger partial charge on any atom is 0.248 e. The first-order valence-electron chi connectivity index (χ1n) is 8.68. The third-order valence-electron chi connectivity index (χ3n) is 4.48. The average molecular weight is 357 g/mol. The minimum atomic E-state index is -0.314. The predicted octanol–water partition coefficient (Wildman–Crippen LogP) is 3.12. The largest absolute Gasteiger partial charge is 0.368 e. The van der Waals surface area contributed by atoms with Gasteiger partial charge in [0.1, 0.15) is 18.1 Å². The van der Waals surface area contributed by atoms with E-state index >= 15 is 0 Å². The molecule has 1 amide bonds. The van der Waals surface area contributed by atoms with Gasteiger partial charge in [0.15, 0.2) is 0 Å². The Kier molecular flexibility index (Phi) is 5.23. The molecule has 26 heavy (non-hydrogen) atoms. The van der Waals surface area contributed by atoms with Crippen LogP contribution in [0.3, 0.4) is 0 Å². The van der Waals surface area contributed by atoms with Crippen molar-refractivity contribution in [1.29, 1.82) is 0 Å². The summed E-state index contributed by atoms with van der Waals surface area (Å²) in [5.41, 5.74) is 2.15. The van der Waals surface area contributed by atoms with Crippen LogP contribution in [0.1, 0.15) is 25.1 Å². The fraction of sp³-hybridized carbons (Fsp3) is 0.400. The summed E-state index contributed by atoms with van der Waals surface area (Å²) in [6.07, 6.45) is 4.05. The predicted molar refractivity (Wildman–Crippen MR) is 97.4 cm³/mol. The van der Waals surface area contributed by atoms with Gasteiger partial charge >= 0.3 is 0 Å². The number of amides is 1. The second kappa shape index (κ2) is 7.41. The van der Waals surface area contributed by atoms with E-state index in [-0.39, 0.29) is 23.7 Å². The van der Waals surface area contributed by atoms with Crippen LogP contribution in [0.2, 0.25) is 0 Å². The number of halogens is 1. The molecule has 0 saturated heterocycles. The Morgan fingerprint density at radius 1 is 1.42 bits per heavy atom. The van der Waals surface area contributed by atoms with E-state index in [4.69, 9.17) is 4.74 Å². The Labute approximate surface area is 153 Å². The molecule has 0 bridgehead atoms. The van der Waals surface area contributed by atoms with Crippen LogP contribution >= 0.6 is 0 Å². The van der Waals surface area contributed by atoms with Crippen molar-refractivity contribution in [3.63, 3.8) is 0 Å². The molecule has 0 unspecified atom stereocenters. The highest BCUT2D eigenvalue weighted by Crippen LogP contribution is 2.31. The molecule has 138 valence electrons. The molecule has 3 rings (SSSR count). The minimum Gasteiger partial charge on any atom is -0.368 e. The number of nitrogens with zero attached hydrogens (tertiary/aromatic N) is 3. The Morgan fingerprint density at radius 3 is 2.92 bits per heavy atom. The zero-order valence-electron chi connectivity index (χ0n) is 15.2. The second-order valence-electron chi connectivity index (χ2n) is 7.37. The number of ether oxygens (including phenoxy) is 1. The molecule has 1 aliphatic rings. The lowest BCUT2D eigenvalue weighted by molar-refractivity contribution is -0.137. The molecule has 0 N–H and O–H groups in total. The lowest BCUT2D eigenvalue weighted by atomic mass is 9.87. The van der Waals surface area contributed by atoms with Gasteiger partial charge in [-0.1, -0.05) is 32.1 Å². The highest BCUT2D eigenvalue weighted by atomic mass is 19.1. The fourth-order valence-corrected chi connectivity index (χ4v) is 3.34. The van der Waals surface area contributed by atoms with Gasteiger partial charge in [0.2, 0.25) is 5.91 Å². The van der Waals surface area contributed by atoms with Crippen LogP contribution in [0.4, 0.5) is 4.39 Å². The molecule has 0 atom stereocenters. The van der Waals surface area contributed by atoms with Crippen molar-refractivity contribution in [2.45, 2.75) is 26.8 Å². The molecule has 2 heterocycles. The highest BCUT2D eigenvalue weighted by molar-refractivity contribution is 5.77. The Balaban J connectivity index is 1.91. The van der Waals surface area contributed by atoms with E-state index in [0.717, 1.165) is 11.3 Å². The number of rotatable bonds is 5. The lowest BCUT2D eigenvalue weighted by Crippen LogP contribution is -2.39. The molecule has 1 aliphatic heterocycles. The summed E-state index contributed by atoms with van der Waals surface area (Å²) in [5, 5.41) is 4.40. The first kappa shape index (κ1) is 18.3. The fourth-order valence-electron chi connectivity index (χ4n) is 3.34. The van der Waals surface area contributed by atoms with Crippen molar-refractivity contribution < 1.29 is 13.9 Å². The number of hydrogen-bond donors (Lipinski definition) is 0. The van der Waals surface area contributed by atoms with E-state index < -0.39 is 0 Å². The number of carbonyl (C=O) groups is 1. The zero-order chi connectivity index (χ0) is 18.7. The van der Waals surface area contributed by atoms with Gasteiger partial charge in [0.25, 0.3) is 0 Å². The molecule has 2 aromatic rings. The highest BCUT2D eigenvalue weighted by Gasteiger charge is 2.32. The van der Waals surface area contributed by atoms with E-state index in [9.17, 15) is 9.18 Å². The Morgan fingerprint density at radius 2 is 2.19 bits per heavy atom. The summed E-state index contributed by atoms with van der Waals surface area (Å²) in [6.45, 7) is 9.22. The zero-order valence-corrected chi connectivity index (χ0v) is 15.2. The van der Waals surface area contributed by atoms with Gasteiger partial charge in [-0.05, 0) is 24.0 Å². The molecule has 0 spiro atoms. The summed E-state index contributed by atoms with van der Waals surface area (Å²) >= 11 is 0. The minimum absolute atomic E-state index is 0.0267. The van der Waals surface area contributed by atoms with Crippen LogP contribution < -0.4 is 0 Å². The van der Waals surface area contributed by atoms with Crippen LogP contribution in [0.15, 0.2) is 43.1 Å². The molecule has 1 aromatic carbocycles. The molecule has 0 radical (unpaired) electrons. The van der Waals surface area contributed by atoms with Gasteiger partial charge < -0.3 is 9.64 Å². The monoisotopic (exact) mass is 357 g/mol. The van der Waals surface area contributed by atoms with Gasteiger partial charge in [0, 0.05) is 24.3 Å². The van der Waals surface area contributed by atoms with Crippen molar-refractivity contribution in [2.75, 3.05) is 19.8 Å². The Hall–Kier alpha value is -2.47. The van der Waals surface area contributed by atoms with Gasteiger partial charge in [-0.3, -0.25) is 4.79 Å². The number of fused-ring (bicyclic) bond motifs is 1. The maximum atomic E-state index is 14.2.